The number of rotatable bonds is 10. The average molecular weight is 448 g/mol. The molecule has 1 saturated carbocycles. The maximum Gasteiger partial charge on any atom is 0.251 e. The molecule has 0 aliphatic heterocycles. The van der Waals surface area contributed by atoms with Gasteiger partial charge in [0.1, 0.15) is 16.4 Å². The monoisotopic (exact) mass is 447 g/mol. The molecule has 1 aliphatic rings. The lowest BCUT2D eigenvalue weighted by Crippen LogP contribution is -2.34. The van der Waals surface area contributed by atoms with E-state index in [4.69, 9.17) is 9.47 Å². The Morgan fingerprint density at radius 3 is 2.32 bits per heavy atom. The van der Waals surface area contributed by atoms with E-state index in [9.17, 15) is 18.0 Å². The Bertz CT molecular complexity index is 1050. The Hall–Kier alpha value is -3.11. The summed E-state index contributed by atoms with van der Waals surface area (Å²) in [5, 5.41) is 5.46. The minimum Gasteiger partial charge on any atom is -0.497 e. The van der Waals surface area contributed by atoms with Crippen molar-refractivity contribution >= 4 is 27.5 Å². The van der Waals surface area contributed by atoms with Crippen LogP contribution in [0.1, 0.15) is 23.2 Å². The topological polar surface area (TPSA) is 123 Å². The predicted molar refractivity (Wildman–Crippen MR) is 115 cm³/mol. The molecule has 0 saturated heterocycles. The van der Waals surface area contributed by atoms with E-state index in [0.29, 0.717) is 17.0 Å². The molecule has 0 heterocycles. The van der Waals surface area contributed by atoms with Crippen LogP contribution in [-0.2, 0) is 14.8 Å². The van der Waals surface area contributed by atoms with Crippen LogP contribution < -0.4 is 24.8 Å². The van der Waals surface area contributed by atoms with Crippen LogP contribution in [0.5, 0.6) is 11.5 Å². The second-order valence-corrected chi connectivity index (χ2v) is 8.75. The Kier molecular flexibility index (Phi) is 7.13. The van der Waals surface area contributed by atoms with E-state index in [0.717, 1.165) is 12.8 Å². The molecule has 2 aromatic carbocycles. The summed E-state index contributed by atoms with van der Waals surface area (Å²) < 4.78 is 37.8. The summed E-state index contributed by atoms with van der Waals surface area (Å²) in [6, 6.07) is 11.0. The van der Waals surface area contributed by atoms with Crippen molar-refractivity contribution in [1.29, 1.82) is 0 Å². The lowest BCUT2D eigenvalue weighted by molar-refractivity contribution is -0.117. The summed E-state index contributed by atoms with van der Waals surface area (Å²) in [4.78, 5) is 24.0. The summed E-state index contributed by atoms with van der Waals surface area (Å²) in [7, 11) is -1.05. The second-order valence-electron chi connectivity index (χ2n) is 7.01. The van der Waals surface area contributed by atoms with Gasteiger partial charge in [-0.05, 0) is 49.2 Å². The van der Waals surface area contributed by atoms with Gasteiger partial charge in [-0.1, -0.05) is 0 Å². The molecule has 3 N–H and O–H groups in total. The first kappa shape index (κ1) is 22.6. The normalized spacial score (nSPS) is 13.4. The third-order valence-electron chi connectivity index (χ3n) is 4.73. The Labute approximate surface area is 181 Å². The molecule has 9 nitrogen and oxygen atoms in total. The first-order chi connectivity index (χ1) is 14.8. The number of anilines is 1. The van der Waals surface area contributed by atoms with Crippen molar-refractivity contribution in [1.82, 2.24) is 10.0 Å². The summed E-state index contributed by atoms with van der Waals surface area (Å²) in [5.74, 6) is 0.316. The molecule has 0 atom stereocenters. The highest BCUT2D eigenvalue weighted by molar-refractivity contribution is 7.89. The lowest BCUT2D eigenvalue weighted by Gasteiger charge is -2.12. The molecule has 3 rings (SSSR count). The van der Waals surface area contributed by atoms with Crippen LogP contribution in [0.2, 0.25) is 0 Å². The van der Waals surface area contributed by atoms with E-state index in [1.807, 2.05) is 0 Å². The molecule has 166 valence electrons. The third kappa shape index (κ3) is 5.96. The SMILES string of the molecule is COc1ccc(OC)c(S(=O)(=O)NCCNC(=O)c2ccc(NC(=O)C3CC3)cc2)c1. The van der Waals surface area contributed by atoms with Crippen LogP contribution in [0.15, 0.2) is 47.4 Å². The second kappa shape index (κ2) is 9.80. The molecule has 0 spiro atoms. The number of benzene rings is 2. The van der Waals surface area contributed by atoms with Gasteiger partial charge >= 0.3 is 0 Å². The van der Waals surface area contributed by atoms with Crippen molar-refractivity contribution in [3.8, 4) is 11.5 Å². The number of ether oxygens (including phenoxy) is 2. The van der Waals surface area contributed by atoms with Crippen molar-refractivity contribution < 1.29 is 27.5 Å². The van der Waals surface area contributed by atoms with Gasteiger partial charge in [0.15, 0.2) is 0 Å². The molecule has 1 fully saturated rings. The number of amides is 2. The molecular weight excluding hydrogens is 422 g/mol. The molecule has 0 unspecified atom stereocenters. The first-order valence-corrected chi connectivity index (χ1v) is 11.2. The van der Waals surface area contributed by atoms with Gasteiger partial charge in [0.05, 0.1) is 14.2 Å². The lowest BCUT2D eigenvalue weighted by atomic mass is 10.2. The molecule has 0 bridgehead atoms. The summed E-state index contributed by atoms with van der Waals surface area (Å²) in [6.07, 6.45) is 1.83. The van der Waals surface area contributed by atoms with Crippen LogP contribution in [0.3, 0.4) is 0 Å². The van der Waals surface area contributed by atoms with Crippen LogP contribution in [-0.4, -0.2) is 47.5 Å². The van der Waals surface area contributed by atoms with E-state index >= 15 is 0 Å². The van der Waals surface area contributed by atoms with Crippen molar-refractivity contribution in [2.75, 3.05) is 32.6 Å². The number of carbonyl (C=O) groups excluding carboxylic acids is 2. The Morgan fingerprint density at radius 2 is 1.71 bits per heavy atom. The number of carbonyl (C=O) groups is 2. The van der Waals surface area contributed by atoms with E-state index < -0.39 is 10.0 Å². The number of sulfonamides is 1. The van der Waals surface area contributed by atoms with E-state index in [2.05, 4.69) is 15.4 Å². The van der Waals surface area contributed by atoms with Gasteiger partial charge < -0.3 is 20.1 Å². The molecular formula is C21H25N3O6S. The van der Waals surface area contributed by atoms with E-state index in [-0.39, 0.29) is 41.5 Å². The van der Waals surface area contributed by atoms with Crippen molar-refractivity contribution in [2.24, 2.45) is 5.92 Å². The standard InChI is InChI=1S/C21H25N3O6S/c1-29-17-9-10-18(30-2)19(13-17)31(27,28)23-12-11-22-20(25)14-5-7-16(8-6-14)24-21(26)15-3-4-15/h5-10,13,15,23H,3-4,11-12H2,1-2H3,(H,22,25)(H,24,26). The molecule has 31 heavy (non-hydrogen) atoms. The molecule has 0 radical (unpaired) electrons. The minimum atomic E-state index is -3.86. The van der Waals surface area contributed by atoms with Crippen LogP contribution >= 0.6 is 0 Å². The van der Waals surface area contributed by atoms with Gasteiger partial charge in [0.25, 0.3) is 5.91 Å². The van der Waals surface area contributed by atoms with Gasteiger partial charge in [-0.3, -0.25) is 9.59 Å². The third-order valence-corrected chi connectivity index (χ3v) is 6.21. The van der Waals surface area contributed by atoms with E-state index in [1.54, 1.807) is 30.3 Å². The highest BCUT2D eigenvalue weighted by Gasteiger charge is 2.29. The smallest absolute Gasteiger partial charge is 0.251 e. The number of methoxy groups -OCH3 is 2. The number of hydrogen-bond acceptors (Lipinski definition) is 6. The highest BCUT2D eigenvalue weighted by atomic mass is 32.2. The van der Waals surface area contributed by atoms with Crippen LogP contribution in [0, 0.1) is 5.92 Å². The number of nitrogens with one attached hydrogen (secondary N) is 3. The summed E-state index contributed by atoms with van der Waals surface area (Å²) in [6.45, 7) is 0.0779. The molecule has 0 aromatic heterocycles. The largest absolute Gasteiger partial charge is 0.497 e. The van der Waals surface area contributed by atoms with Crippen molar-refractivity contribution in [3.63, 3.8) is 0 Å². The summed E-state index contributed by atoms with van der Waals surface area (Å²) in [5.41, 5.74) is 1.04. The fourth-order valence-corrected chi connectivity index (χ4v) is 4.04. The minimum absolute atomic E-state index is 0.00264. The molecule has 10 heteroatoms. The van der Waals surface area contributed by atoms with Gasteiger partial charge in [-0.25, -0.2) is 13.1 Å². The number of hydrogen-bond donors (Lipinski definition) is 3. The molecule has 2 amide bonds. The van der Waals surface area contributed by atoms with Crippen LogP contribution in [0.4, 0.5) is 5.69 Å². The fourth-order valence-electron chi connectivity index (χ4n) is 2.83. The zero-order valence-electron chi connectivity index (χ0n) is 17.3. The maximum absolute atomic E-state index is 12.6. The Balaban J connectivity index is 1.50. The zero-order valence-corrected chi connectivity index (χ0v) is 18.1. The van der Waals surface area contributed by atoms with Gasteiger partial charge in [0, 0.05) is 36.3 Å². The van der Waals surface area contributed by atoms with Crippen LogP contribution in [0.25, 0.3) is 0 Å². The zero-order chi connectivity index (χ0) is 22.4. The fraction of sp³-hybridized carbons (Fsp3) is 0.333. The van der Waals surface area contributed by atoms with Crippen molar-refractivity contribution in [2.45, 2.75) is 17.7 Å². The van der Waals surface area contributed by atoms with Gasteiger partial charge in [-0.2, -0.15) is 0 Å². The average Bonchev–Trinajstić information content (AvgIpc) is 3.62. The quantitative estimate of drug-likeness (QED) is 0.477. The Morgan fingerprint density at radius 1 is 1.00 bits per heavy atom. The van der Waals surface area contributed by atoms with Gasteiger partial charge in [-0.15, -0.1) is 0 Å². The van der Waals surface area contributed by atoms with Gasteiger partial charge in [0.2, 0.25) is 15.9 Å². The van der Waals surface area contributed by atoms with E-state index in [1.165, 1.54) is 26.4 Å². The molecule has 2 aromatic rings. The van der Waals surface area contributed by atoms with Crippen molar-refractivity contribution in [3.05, 3.63) is 48.0 Å². The molecule has 1 aliphatic carbocycles. The predicted octanol–water partition coefficient (Wildman–Crippen LogP) is 1.76. The summed E-state index contributed by atoms with van der Waals surface area (Å²) >= 11 is 0. The maximum atomic E-state index is 12.6. The highest BCUT2D eigenvalue weighted by Crippen LogP contribution is 2.30. The first-order valence-electron chi connectivity index (χ1n) is 9.75.